The van der Waals surface area contributed by atoms with E-state index in [0.717, 1.165) is 54.9 Å². The number of hydrogen-bond acceptors (Lipinski definition) is 6. The minimum atomic E-state index is -1.13. The van der Waals surface area contributed by atoms with Gasteiger partial charge in [-0.2, -0.15) is 0 Å². The van der Waals surface area contributed by atoms with Gasteiger partial charge in [0.15, 0.2) is 0 Å². The lowest BCUT2D eigenvalue weighted by atomic mass is 9.79. The first-order valence-corrected chi connectivity index (χ1v) is 14.2. The van der Waals surface area contributed by atoms with Crippen molar-refractivity contribution in [3.8, 4) is 11.5 Å². The highest BCUT2D eigenvalue weighted by Gasteiger charge is 2.31. The number of benzene rings is 2. The first-order valence-electron chi connectivity index (χ1n) is 13.2. The highest BCUT2D eigenvalue weighted by atomic mass is 32.2. The molecule has 38 heavy (non-hydrogen) atoms. The number of aliphatic carboxylic acids is 1. The second-order valence-electron chi connectivity index (χ2n) is 9.92. The molecule has 1 fully saturated rings. The lowest BCUT2D eigenvalue weighted by Crippen LogP contribution is -2.42. The highest BCUT2D eigenvalue weighted by Crippen LogP contribution is 2.36. The zero-order chi connectivity index (χ0) is 26.9. The van der Waals surface area contributed by atoms with Crippen LogP contribution >= 0.6 is 11.8 Å². The Morgan fingerprint density at radius 3 is 2.76 bits per heavy atom. The quantitative estimate of drug-likeness (QED) is 0.193. The van der Waals surface area contributed by atoms with Crippen molar-refractivity contribution in [1.82, 2.24) is 9.88 Å². The van der Waals surface area contributed by atoms with E-state index < -0.39 is 12.1 Å². The molecule has 8 heteroatoms. The fourth-order valence-electron chi connectivity index (χ4n) is 5.43. The van der Waals surface area contributed by atoms with Crippen molar-refractivity contribution >= 4 is 28.6 Å². The van der Waals surface area contributed by atoms with Crippen molar-refractivity contribution < 1.29 is 23.8 Å². The number of methoxy groups -OCH3 is 2. The molecule has 1 N–H and O–H groups in total. The molecule has 1 aromatic heterocycles. The maximum absolute atomic E-state index is 15.5. The summed E-state index contributed by atoms with van der Waals surface area (Å²) in [7, 11) is 3.27. The number of rotatable bonds is 13. The van der Waals surface area contributed by atoms with Crippen molar-refractivity contribution in [2.45, 2.75) is 43.2 Å². The summed E-state index contributed by atoms with van der Waals surface area (Å²) in [5.74, 6) is 1.99. The van der Waals surface area contributed by atoms with Crippen LogP contribution in [0.25, 0.3) is 10.9 Å². The largest absolute Gasteiger partial charge is 0.497 e. The maximum Gasteiger partial charge on any atom is 0.303 e. The van der Waals surface area contributed by atoms with Crippen molar-refractivity contribution in [2.75, 3.05) is 39.6 Å². The molecule has 204 valence electrons. The zero-order valence-electron chi connectivity index (χ0n) is 22.1. The predicted octanol–water partition coefficient (Wildman–Crippen LogP) is 6.64. The normalized spacial score (nSPS) is 18.8. The number of halogens is 1. The molecule has 3 atom stereocenters. The molecular formula is C30H37FN2O4S. The van der Waals surface area contributed by atoms with Gasteiger partial charge in [-0.3, -0.25) is 9.78 Å². The van der Waals surface area contributed by atoms with Gasteiger partial charge in [-0.1, -0.05) is 6.07 Å². The molecule has 3 aromatic rings. The SMILES string of the molecule is COc1cccc(SCCCN2CC[C@@H](CCC(F)c3ccnc4ccc(OC)cc34)[C@@H](CC(=O)O)C2)c1. The summed E-state index contributed by atoms with van der Waals surface area (Å²) < 4.78 is 26.1. The standard InChI is InChI=1S/C30H37FN2O4S/c1-36-23-5-3-6-25(18-23)38-16-4-14-33-15-12-21(22(20-33)17-30(34)35)7-9-28(31)26-11-13-32-29-10-8-24(37-2)19-27(26)29/h3,5-6,8,10-11,13,18-19,21-22,28H,4,7,9,12,14-17,20H2,1-2H3,(H,34,35)/t21-,22+,28?/m1/s1. The molecule has 4 rings (SSSR count). The molecule has 0 aliphatic carbocycles. The van der Waals surface area contributed by atoms with Crippen molar-refractivity contribution in [3.05, 3.63) is 60.3 Å². The van der Waals surface area contributed by atoms with Gasteiger partial charge in [0.25, 0.3) is 0 Å². The van der Waals surface area contributed by atoms with E-state index >= 15 is 4.39 Å². The van der Waals surface area contributed by atoms with Crippen LogP contribution in [0.5, 0.6) is 11.5 Å². The van der Waals surface area contributed by atoms with Gasteiger partial charge in [0, 0.05) is 29.4 Å². The summed E-state index contributed by atoms with van der Waals surface area (Å²) >= 11 is 1.81. The number of carboxylic acids is 1. The number of piperidine rings is 1. The second kappa shape index (κ2) is 13.8. The molecule has 0 bridgehead atoms. The molecule has 2 heterocycles. The van der Waals surface area contributed by atoms with Gasteiger partial charge in [0.05, 0.1) is 19.7 Å². The number of fused-ring (bicyclic) bond motifs is 1. The molecule has 0 radical (unpaired) electrons. The van der Waals surface area contributed by atoms with Gasteiger partial charge in [-0.25, -0.2) is 4.39 Å². The molecule has 2 aromatic carbocycles. The maximum atomic E-state index is 15.5. The Morgan fingerprint density at radius 2 is 1.97 bits per heavy atom. The summed E-state index contributed by atoms with van der Waals surface area (Å²) in [5, 5.41) is 10.3. The summed E-state index contributed by atoms with van der Waals surface area (Å²) in [5.41, 5.74) is 1.36. The third-order valence-corrected chi connectivity index (χ3v) is 8.53. The fraction of sp³-hybridized carbons (Fsp3) is 0.467. The number of likely N-dealkylation sites (tertiary alicyclic amines) is 1. The van der Waals surface area contributed by atoms with E-state index in [2.05, 4.69) is 16.0 Å². The third kappa shape index (κ3) is 7.60. The number of thioether (sulfide) groups is 1. The Kier molecular flexibility index (Phi) is 10.2. The Labute approximate surface area is 228 Å². The minimum absolute atomic E-state index is 0.0359. The Hall–Kier alpha value is -2.84. The number of carbonyl (C=O) groups is 1. The summed E-state index contributed by atoms with van der Waals surface area (Å²) in [4.78, 5) is 19.6. The average Bonchev–Trinajstić information content (AvgIpc) is 2.93. The van der Waals surface area contributed by atoms with Crippen LogP contribution in [0.2, 0.25) is 0 Å². The van der Waals surface area contributed by atoms with E-state index in [-0.39, 0.29) is 18.3 Å². The van der Waals surface area contributed by atoms with Crippen LogP contribution in [0.4, 0.5) is 4.39 Å². The number of ether oxygens (including phenoxy) is 2. The second-order valence-corrected chi connectivity index (χ2v) is 11.1. The van der Waals surface area contributed by atoms with Crippen LogP contribution in [-0.2, 0) is 4.79 Å². The van der Waals surface area contributed by atoms with Crippen molar-refractivity contribution in [2.24, 2.45) is 11.8 Å². The Morgan fingerprint density at radius 1 is 1.16 bits per heavy atom. The van der Waals surface area contributed by atoms with Crippen LogP contribution in [0.15, 0.2) is 59.6 Å². The Balaban J connectivity index is 1.30. The molecule has 6 nitrogen and oxygen atoms in total. The molecular weight excluding hydrogens is 503 g/mol. The monoisotopic (exact) mass is 540 g/mol. The van der Waals surface area contributed by atoms with E-state index in [0.29, 0.717) is 24.2 Å². The van der Waals surface area contributed by atoms with Crippen molar-refractivity contribution in [3.63, 3.8) is 0 Å². The summed E-state index contributed by atoms with van der Waals surface area (Å²) in [6.45, 7) is 2.63. The minimum Gasteiger partial charge on any atom is -0.497 e. The first-order chi connectivity index (χ1) is 18.5. The molecule has 0 saturated carbocycles. The number of carboxylic acid groups (broad SMARTS) is 1. The fourth-order valence-corrected chi connectivity index (χ4v) is 6.31. The van der Waals surface area contributed by atoms with Crippen LogP contribution < -0.4 is 9.47 Å². The molecule has 1 saturated heterocycles. The summed E-state index contributed by atoms with van der Waals surface area (Å²) in [6, 6.07) is 15.3. The number of hydrogen-bond donors (Lipinski definition) is 1. The van der Waals surface area contributed by atoms with Gasteiger partial charge < -0.3 is 19.5 Å². The van der Waals surface area contributed by atoms with E-state index in [1.807, 2.05) is 48.2 Å². The van der Waals surface area contributed by atoms with Crippen LogP contribution in [0, 0.1) is 11.8 Å². The van der Waals surface area contributed by atoms with E-state index in [4.69, 9.17) is 9.47 Å². The Bertz CT molecular complexity index is 1210. The highest BCUT2D eigenvalue weighted by molar-refractivity contribution is 7.99. The number of alkyl halides is 1. The van der Waals surface area contributed by atoms with E-state index in [1.165, 1.54) is 4.90 Å². The smallest absolute Gasteiger partial charge is 0.303 e. The van der Waals surface area contributed by atoms with E-state index in [1.54, 1.807) is 26.5 Å². The average molecular weight is 541 g/mol. The lowest BCUT2D eigenvalue weighted by molar-refractivity contribution is -0.139. The molecule has 1 aliphatic heterocycles. The van der Waals surface area contributed by atoms with Gasteiger partial charge >= 0.3 is 5.97 Å². The number of pyridine rings is 1. The van der Waals surface area contributed by atoms with Gasteiger partial charge in [0.2, 0.25) is 0 Å². The van der Waals surface area contributed by atoms with Crippen LogP contribution in [0.3, 0.4) is 0 Å². The topological polar surface area (TPSA) is 71.9 Å². The van der Waals surface area contributed by atoms with Gasteiger partial charge in [-0.15, -0.1) is 11.8 Å². The molecule has 1 aliphatic rings. The van der Waals surface area contributed by atoms with Gasteiger partial charge in [0.1, 0.15) is 17.7 Å². The van der Waals surface area contributed by atoms with E-state index in [9.17, 15) is 9.90 Å². The molecule has 0 amide bonds. The molecule has 0 spiro atoms. The summed E-state index contributed by atoms with van der Waals surface area (Å²) in [6.07, 6.45) is 3.61. The van der Waals surface area contributed by atoms with Crippen molar-refractivity contribution in [1.29, 1.82) is 0 Å². The van der Waals surface area contributed by atoms with Gasteiger partial charge in [-0.05, 0) is 104 Å². The molecule has 1 unspecified atom stereocenters. The third-order valence-electron chi connectivity index (χ3n) is 7.45. The number of aromatic nitrogens is 1. The first kappa shape index (κ1) is 28.2. The van der Waals surface area contributed by atoms with Crippen LogP contribution in [0.1, 0.15) is 43.8 Å². The zero-order valence-corrected chi connectivity index (χ0v) is 23.0. The number of nitrogens with zero attached hydrogens (tertiary/aromatic N) is 2. The predicted molar refractivity (Wildman–Crippen MR) is 150 cm³/mol. The van der Waals surface area contributed by atoms with Crippen LogP contribution in [-0.4, -0.2) is 60.6 Å². The lowest BCUT2D eigenvalue weighted by Gasteiger charge is -2.38.